The molecule has 18 heavy (non-hydrogen) atoms. The monoisotopic (exact) mass is 351 g/mol. The third-order valence-electron chi connectivity index (χ3n) is 2.96. The fourth-order valence-corrected chi connectivity index (χ4v) is 3.88. The largest absolute Gasteiger partial charge is 0.242 e. The Kier molecular flexibility index (Phi) is 4.69. The van der Waals surface area contributed by atoms with Gasteiger partial charge in [0.15, 0.2) is 0 Å². The lowest BCUT2D eigenvalue weighted by Crippen LogP contribution is -2.25. The Morgan fingerprint density at radius 2 is 2.11 bits per heavy atom. The van der Waals surface area contributed by atoms with Crippen LogP contribution in [0.1, 0.15) is 25.7 Å². The number of hydrogen-bond acceptors (Lipinski definition) is 2. The van der Waals surface area contributed by atoms with Crippen LogP contribution in [0, 0.1) is 5.92 Å². The van der Waals surface area contributed by atoms with Gasteiger partial charge in [-0.3, -0.25) is 0 Å². The summed E-state index contributed by atoms with van der Waals surface area (Å²) in [5.74, 6) is 0.825. The molecule has 0 aliphatic heterocycles. The van der Waals surface area contributed by atoms with E-state index >= 15 is 0 Å². The second-order valence-electron chi connectivity index (χ2n) is 4.56. The van der Waals surface area contributed by atoms with Gasteiger partial charge >= 0.3 is 0 Å². The molecule has 0 amide bonds. The molecule has 6 heteroatoms. The minimum atomic E-state index is -3.49. The Morgan fingerprint density at radius 1 is 1.39 bits per heavy atom. The highest BCUT2D eigenvalue weighted by Gasteiger charge is 2.21. The third kappa shape index (κ3) is 3.95. The molecule has 1 fully saturated rings. The average Bonchev–Trinajstić information content (AvgIpc) is 3.07. The highest BCUT2D eigenvalue weighted by Crippen LogP contribution is 2.33. The maximum Gasteiger partial charge on any atom is 0.242 e. The van der Waals surface area contributed by atoms with Crippen LogP contribution in [0.25, 0.3) is 0 Å². The molecule has 1 aromatic rings. The van der Waals surface area contributed by atoms with Gasteiger partial charge in [0.25, 0.3) is 0 Å². The van der Waals surface area contributed by atoms with Crippen LogP contribution in [0.5, 0.6) is 0 Å². The summed E-state index contributed by atoms with van der Waals surface area (Å²) in [7, 11) is -3.49. The third-order valence-corrected chi connectivity index (χ3v) is 5.40. The second kappa shape index (κ2) is 5.90. The zero-order valence-corrected chi connectivity index (χ0v) is 13.0. The molecule has 0 unspecified atom stereocenters. The van der Waals surface area contributed by atoms with Crippen molar-refractivity contribution in [3.63, 3.8) is 0 Å². The van der Waals surface area contributed by atoms with E-state index in [0.717, 1.165) is 23.2 Å². The van der Waals surface area contributed by atoms with Gasteiger partial charge in [-0.25, -0.2) is 13.1 Å². The first-order valence-electron chi connectivity index (χ1n) is 5.94. The van der Waals surface area contributed by atoms with Crippen LogP contribution in [-0.4, -0.2) is 15.0 Å². The molecule has 2 rings (SSSR count). The Balaban J connectivity index is 1.95. The molecule has 0 bridgehead atoms. The van der Waals surface area contributed by atoms with E-state index in [0.29, 0.717) is 6.54 Å². The van der Waals surface area contributed by atoms with Crippen LogP contribution in [0.2, 0.25) is 5.02 Å². The Labute approximate surface area is 121 Å². The predicted molar refractivity (Wildman–Crippen MR) is 76.3 cm³/mol. The first-order valence-corrected chi connectivity index (χ1v) is 8.59. The van der Waals surface area contributed by atoms with E-state index in [1.807, 2.05) is 0 Å². The maximum atomic E-state index is 12.0. The van der Waals surface area contributed by atoms with E-state index in [1.165, 1.54) is 18.9 Å². The molecular weight excluding hydrogens is 338 g/mol. The van der Waals surface area contributed by atoms with Gasteiger partial charge in [-0.1, -0.05) is 40.4 Å². The summed E-state index contributed by atoms with van der Waals surface area (Å²) in [6, 6.07) is 4.76. The van der Waals surface area contributed by atoms with Crippen molar-refractivity contribution < 1.29 is 8.42 Å². The number of halogens is 2. The van der Waals surface area contributed by atoms with Crippen molar-refractivity contribution in [2.45, 2.75) is 30.6 Å². The van der Waals surface area contributed by atoms with Gasteiger partial charge in [0.05, 0.1) is 5.02 Å². The molecule has 0 spiro atoms. The Bertz CT molecular complexity index is 529. The van der Waals surface area contributed by atoms with Crippen LogP contribution < -0.4 is 4.72 Å². The predicted octanol–water partition coefficient (Wildman–Crippen LogP) is 3.57. The van der Waals surface area contributed by atoms with Crippen molar-refractivity contribution in [3.05, 3.63) is 27.7 Å². The summed E-state index contributed by atoms with van der Waals surface area (Å²) in [6.07, 6.45) is 4.59. The lowest BCUT2D eigenvalue weighted by molar-refractivity contribution is 0.572. The zero-order valence-electron chi connectivity index (χ0n) is 9.83. The van der Waals surface area contributed by atoms with Gasteiger partial charge in [-0.05, 0) is 37.0 Å². The van der Waals surface area contributed by atoms with E-state index in [9.17, 15) is 8.42 Å². The molecule has 0 heterocycles. The van der Waals surface area contributed by atoms with Gasteiger partial charge in [0, 0.05) is 11.0 Å². The van der Waals surface area contributed by atoms with Gasteiger partial charge < -0.3 is 0 Å². The van der Waals surface area contributed by atoms with Gasteiger partial charge in [0.1, 0.15) is 4.90 Å². The van der Waals surface area contributed by atoms with Crippen molar-refractivity contribution in [2.24, 2.45) is 5.92 Å². The molecule has 0 saturated heterocycles. The van der Waals surface area contributed by atoms with Gasteiger partial charge in [-0.15, -0.1) is 0 Å². The van der Waals surface area contributed by atoms with Gasteiger partial charge in [0.2, 0.25) is 10.0 Å². The fourth-order valence-electron chi connectivity index (χ4n) is 1.77. The fraction of sp³-hybridized carbons (Fsp3) is 0.500. The molecule has 3 nitrogen and oxygen atoms in total. The molecule has 1 N–H and O–H groups in total. The van der Waals surface area contributed by atoms with Crippen molar-refractivity contribution in [3.8, 4) is 0 Å². The molecule has 1 aromatic carbocycles. The smallest absolute Gasteiger partial charge is 0.211 e. The quantitative estimate of drug-likeness (QED) is 0.796. The molecule has 1 saturated carbocycles. The molecule has 1 aliphatic carbocycles. The standard InChI is InChI=1S/C12H15BrClNO2S/c13-10-5-6-12(11(14)8-10)18(16,17)15-7-1-2-9-3-4-9/h5-6,8-9,15H,1-4,7H2. The summed E-state index contributed by atoms with van der Waals surface area (Å²) in [6.45, 7) is 0.477. The maximum absolute atomic E-state index is 12.0. The molecule has 0 radical (unpaired) electrons. The number of hydrogen-bond donors (Lipinski definition) is 1. The SMILES string of the molecule is O=S(=O)(NCCCC1CC1)c1ccc(Br)cc1Cl. The molecule has 0 atom stereocenters. The van der Waals surface area contributed by atoms with Crippen LogP contribution in [-0.2, 0) is 10.0 Å². The Hall–Kier alpha value is -0.100. The van der Waals surface area contributed by atoms with Crippen LogP contribution >= 0.6 is 27.5 Å². The first-order chi connectivity index (χ1) is 8.49. The molecule has 0 aromatic heterocycles. The minimum Gasteiger partial charge on any atom is -0.211 e. The first kappa shape index (κ1) is 14.3. The second-order valence-corrected chi connectivity index (χ2v) is 7.62. The van der Waals surface area contributed by atoms with Crippen LogP contribution in [0.15, 0.2) is 27.6 Å². The highest BCUT2D eigenvalue weighted by molar-refractivity contribution is 9.10. The number of nitrogens with one attached hydrogen (secondary N) is 1. The minimum absolute atomic E-state index is 0.138. The number of benzene rings is 1. The van der Waals surface area contributed by atoms with Crippen LogP contribution in [0.4, 0.5) is 0 Å². The summed E-state index contributed by atoms with van der Waals surface area (Å²) < 4.78 is 27.4. The van der Waals surface area contributed by atoms with Crippen molar-refractivity contribution >= 4 is 37.6 Å². The van der Waals surface area contributed by atoms with Crippen molar-refractivity contribution in [1.82, 2.24) is 4.72 Å². The number of sulfonamides is 1. The molecular formula is C12H15BrClNO2S. The van der Waals surface area contributed by atoms with E-state index in [-0.39, 0.29) is 9.92 Å². The molecule has 1 aliphatic rings. The summed E-state index contributed by atoms with van der Waals surface area (Å²) in [5.41, 5.74) is 0. The van der Waals surface area contributed by atoms with Gasteiger partial charge in [-0.2, -0.15) is 0 Å². The van der Waals surface area contributed by atoms with E-state index in [2.05, 4.69) is 20.7 Å². The summed E-state index contributed by atoms with van der Waals surface area (Å²) in [5, 5.41) is 0.235. The van der Waals surface area contributed by atoms with Crippen LogP contribution in [0.3, 0.4) is 0 Å². The van der Waals surface area contributed by atoms with E-state index in [1.54, 1.807) is 12.1 Å². The topological polar surface area (TPSA) is 46.2 Å². The van der Waals surface area contributed by atoms with E-state index < -0.39 is 10.0 Å². The summed E-state index contributed by atoms with van der Waals surface area (Å²) in [4.78, 5) is 0.138. The zero-order chi connectivity index (χ0) is 13.2. The lowest BCUT2D eigenvalue weighted by Gasteiger charge is -2.08. The normalized spacial score (nSPS) is 15.9. The average molecular weight is 353 g/mol. The number of rotatable bonds is 6. The summed E-state index contributed by atoms with van der Waals surface area (Å²) >= 11 is 9.19. The lowest BCUT2D eigenvalue weighted by atomic mass is 10.2. The van der Waals surface area contributed by atoms with E-state index in [4.69, 9.17) is 11.6 Å². The van der Waals surface area contributed by atoms with Crippen molar-refractivity contribution in [2.75, 3.05) is 6.54 Å². The highest BCUT2D eigenvalue weighted by atomic mass is 79.9. The van der Waals surface area contributed by atoms with Crippen molar-refractivity contribution in [1.29, 1.82) is 0 Å². The Morgan fingerprint density at radius 3 is 2.72 bits per heavy atom. The molecule has 100 valence electrons.